The van der Waals surface area contributed by atoms with Crippen LogP contribution in [0.15, 0.2) is 48.5 Å². The molecule has 0 fully saturated rings. The molecule has 4 rings (SSSR count). The molecule has 0 spiro atoms. The van der Waals surface area contributed by atoms with Crippen LogP contribution in [-0.2, 0) is 0 Å². The van der Waals surface area contributed by atoms with Gasteiger partial charge in [-0.05, 0) is 61.9 Å². The van der Waals surface area contributed by atoms with Gasteiger partial charge < -0.3 is 0 Å². The highest BCUT2D eigenvalue weighted by atomic mass is 15.4. The molecule has 1 heterocycles. The SMILES string of the molecule is Cc1cc(NNc2nc(C)c3c(C)cccc3n2)c2cccc(C)c2c1. The van der Waals surface area contributed by atoms with Crippen LogP contribution in [-0.4, -0.2) is 9.97 Å². The number of hydrazine groups is 1. The van der Waals surface area contributed by atoms with Crippen LogP contribution in [0.25, 0.3) is 21.7 Å². The van der Waals surface area contributed by atoms with Gasteiger partial charge >= 0.3 is 0 Å². The number of benzene rings is 3. The summed E-state index contributed by atoms with van der Waals surface area (Å²) in [6.07, 6.45) is 0. The molecule has 0 amide bonds. The number of nitrogens with one attached hydrogen (secondary N) is 2. The van der Waals surface area contributed by atoms with E-state index in [1.54, 1.807) is 0 Å². The van der Waals surface area contributed by atoms with Crippen molar-refractivity contribution in [1.29, 1.82) is 0 Å². The van der Waals surface area contributed by atoms with Crippen LogP contribution < -0.4 is 10.9 Å². The number of hydrogen-bond acceptors (Lipinski definition) is 4. The molecular weight excluding hydrogens is 320 g/mol. The minimum atomic E-state index is 0.572. The Labute approximate surface area is 153 Å². The van der Waals surface area contributed by atoms with E-state index in [0.29, 0.717) is 5.95 Å². The van der Waals surface area contributed by atoms with E-state index in [9.17, 15) is 0 Å². The summed E-state index contributed by atoms with van der Waals surface area (Å²) in [4.78, 5) is 9.26. The van der Waals surface area contributed by atoms with Crippen LogP contribution in [0.3, 0.4) is 0 Å². The van der Waals surface area contributed by atoms with Gasteiger partial charge in [0.15, 0.2) is 0 Å². The van der Waals surface area contributed by atoms with Crippen molar-refractivity contribution in [3.05, 3.63) is 70.9 Å². The van der Waals surface area contributed by atoms with Crippen molar-refractivity contribution in [3.63, 3.8) is 0 Å². The Morgan fingerprint density at radius 3 is 2.35 bits per heavy atom. The Morgan fingerprint density at radius 1 is 0.731 bits per heavy atom. The van der Waals surface area contributed by atoms with E-state index in [0.717, 1.165) is 22.3 Å². The third kappa shape index (κ3) is 2.84. The monoisotopic (exact) mass is 342 g/mol. The van der Waals surface area contributed by atoms with Gasteiger partial charge in [0, 0.05) is 10.8 Å². The van der Waals surface area contributed by atoms with Gasteiger partial charge in [-0.1, -0.05) is 36.4 Å². The third-order valence-corrected chi connectivity index (χ3v) is 4.78. The highest BCUT2D eigenvalue weighted by molar-refractivity contribution is 5.96. The molecule has 130 valence electrons. The summed E-state index contributed by atoms with van der Waals surface area (Å²) in [7, 11) is 0. The fourth-order valence-corrected chi connectivity index (χ4v) is 3.53. The Balaban J connectivity index is 1.71. The van der Waals surface area contributed by atoms with Crippen LogP contribution in [0, 0.1) is 27.7 Å². The maximum atomic E-state index is 4.65. The second kappa shape index (κ2) is 6.30. The molecule has 26 heavy (non-hydrogen) atoms. The largest absolute Gasteiger partial charge is 0.298 e. The lowest BCUT2D eigenvalue weighted by atomic mass is 10.0. The van der Waals surface area contributed by atoms with Gasteiger partial charge in [0.25, 0.3) is 0 Å². The highest BCUT2D eigenvalue weighted by Crippen LogP contribution is 2.28. The van der Waals surface area contributed by atoms with Crippen molar-refractivity contribution in [1.82, 2.24) is 9.97 Å². The van der Waals surface area contributed by atoms with Crippen LogP contribution in [0.1, 0.15) is 22.4 Å². The lowest BCUT2D eigenvalue weighted by molar-refractivity contribution is 1.13. The van der Waals surface area contributed by atoms with Crippen LogP contribution in [0.2, 0.25) is 0 Å². The first-order chi connectivity index (χ1) is 12.5. The molecule has 1 aromatic heterocycles. The average molecular weight is 342 g/mol. The van der Waals surface area contributed by atoms with Crippen molar-refractivity contribution >= 4 is 33.3 Å². The Kier molecular flexibility index (Phi) is 3.96. The molecule has 0 bridgehead atoms. The van der Waals surface area contributed by atoms with Crippen molar-refractivity contribution in [3.8, 4) is 0 Å². The lowest BCUT2D eigenvalue weighted by Gasteiger charge is -2.14. The summed E-state index contributed by atoms with van der Waals surface area (Å²) in [6.45, 7) is 8.35. The van der Waals surface area contributed by atoms with Gasteiger partial charge in [0.2, 0.25) is 5.95 Å². The molecule has 4 nitrogen and oxygen atoms in total. The summed E-state index contributed by atoms with van der Waals surface area (Å²) in [6, 6.07) is 16.8. The van der Waals surface area contributed by atoms with E-state index in [1.807, 2.05) is 19.1 Å². The first-order valence-corrected chi connectivity index (χ1v) is 8.79. The number of fused-ring (bicyclic) bond motifs is 2. The predicted octanol–water partition coefficient (Wildman–Crippen LogP) is 5.46. The molecule has 0 aliphatic heterocycles. The molecular formula is C22H22N4. The molecule has 0 aliphatic carbocycles. The molecule has 4 aromatic rings. The second-order valence-corrected chi connectivity index (χ2v) is 6.83. The maximum absolute atomic E-state index is 4.65. The molecule has 0 saturated carbocycles. The van der Waals surface area contributed by atoms with Gasteiger partial charge in [-0.3, -0.25) is 10.9 Å². The first kappa shape index (κ1) is 16.3. The van der Waals surface area contributed by atoms with E-state index < -0.39 is 0 Å². The first-order valence-electron chi connectivity index (χ1n) is 8.79. The van der Waals surface area contributed by atoms with Crippen molar-refractivity contribution < 1.29 is 0 Å². The van der Waals surface area contributed by atoms with Gasteiger partial charge in [-0.15, -0.1) is 0 Å². The van der Waals surface area contributed by atoms with Gasteiger partial charge in [-0.25, -0.2) is 9.97 Å². The molecule has 0 atom stereocenters. The summed E-state index contributed by atoms with van der Waals surface area (Å²) in [5.41, 5.74) is 13.1. The molecule has 2 N–H and O–H groups in total. The smallest absolute Gasteiger partial charge is 0.242 e. The minimum absolute atomic E-state index is 0.572. The van der Waals surface area contributed by atoms with E-state index in [4.69, 9.17) is 0 Å². The lowest BCUT2D eigenvalue weighted by Crippen LogP contribution is -2.13. The number of rotatable bonds is 3. The van der Waals surface area contributed by atoms with Gasteiger partial charge in [0.05, 0.1) is 16.9 Å². The standard InChI is InChI=1S/C22H22N4/c1-13-11-18-14(2)7-5-9-17(18)20(12-13)25-26-22-23-16(4)21-15(3)8-6-10-19(21)24-22/h5-12,25H,1-4H3,(H,23,24,26). The van der Waals surface area contributed by atoms with E-state index in [2.05, 4.69) is 78.0 Å². The molecule has 4 heteroatoms. The van der Waals surface area contributed by atoms with Crippen LogP contribution in [0.4, 0.5) is 11.6 Å². The maximum Gasteiger partial charge on any atom is 0.242 e. The zero-order valence-corrected chi connectivity index (χ0v) is 15.5. The topological polar surface area (TPSA) is 49.8 Å². The van der Waals surface area contributed by atoms with Crippen molar-refractivity contribution in [2.75, 3.05) is 10.9 Å². The quantitative estimate of drug-likeness (QED) is 0.486. The number of aryl methyl sites for hydroxylation is 4. The molecule has 0 unspecified atom stereocenters. The zero-order chi connectivity index (χ0) is 18.3. The number of aromatic nitrogens is 2. The number of nitrogens with zero attached hydrogens (tertiary/aromatic N) is 2. The summed E-state index contributed by atoms with van der Waals surface area (Å²) in [5, 5.41) is 3.55. The summed E-state index contributed by atoms with van der Waals surface area (Å²) < 4.78 is 0. The predicted molar refractivity (Wildman–Crippen MR) is 110 cm³/mol. The number of hydrogen-bond donors (Lipinski definition) is 2. The summed E-state index contributed by atoms with van der Waals surface area (Å²) >= 11 is 0. The molecule has 0 saturated heterocycles. The molecule has 0 radical (unpaired) electrons. The summed E-state index contributed by atoms with van der Waals surface area (Å²) in [5.74, 6) is 0.572. The van der Waals surface area contributed by atoms with Crippen molar-refractivity contribution in [2.24, 2.45) is 0 Å². The van der Waals surface area contributed by atoms with Gasteiger partial charge in [0.1, 0.15) is 0 Å². The Hall–Kier alpha value is -3.14. The van der Waals surface area contributed by atoms with E-state index in [-0.39, 0.29) is 0 Å². The average Bonchev–Trinajstić information content (AvgIpc) is 2.60. The fraction of sp³-hybridized carbons (Fsp3) is 0.182. The van der Waals surface area contributed by atoms with E-state index in [1.165, 1.54) is 27.5 Å². The second-order valence-electron chi connectivity index (χ2n) is 6.83. The van der Waals surface area contributed by atoms with E-state index >= 15 is 0 Å². The Morgan fingerprint density at radius 2 is 1.50 bits per heavy atom. The highest BCUT2D eigenvalue weighted by Gasteiger charge is 2.08. The van der Waals surface area contributed by atoms with Crippen molar-refractivity contribution in [2.45, 2.75) is 27.7 Å². The number of anilines is 2. The molecule has 0 aliphatic rings. The van der Waals surface area contributed by atoms with Crippen LogP contribution in [0.5, 0.6) is 0 Å². The Bertz CT molecular complexity index is 1130. The normalized spacial score (nSPS) is 11.1. The van der Waals surface area contributed by atoms with Gasteiger partial charge in [-0.2, -0.15) is 0 Å². The fourth-order valence-electron chi connectivity index (χ4n) is 3.53. The molecule has 3 aromatic carbocycles. The van der Waals surface area contributed by atoms with Crippen LogP contribution >= 0.6 is 0 Å². The zero-order valence-electron chi connectivity index (χ0n) is 15.5. The minimum Gasteiger partial charge on any atom is -0.298 e. The third-order valence-electron chi connectivity index (χ3n) is 4.78.